The largest absolute Gasteiger partial charge is 1.00 e. The maximum absolute atomic E-state index is 13.2. The van der Waals surface area contributed by atoms with E-state index in [4.69, 9.17) is 43.5 Å². The van der Waals surface area contributed by atoms with Crippen LogP contribution in [0.15, 0.2) is 85.8 Å². The fraction of sp³-hybridized carbons (Fsp3) is 0.233. The second-order valence-electron chi connectivity index (χ2n) is 14.6. The molecule has 7 atom stereocenters. The molecule has 0 bridgehead atoms. The lowest BCUT2D eigenvalue weighted by molar-refractivity contribution is -0.277. The number of carbonyl (C=O) groups is 1. The molecular weight excluding hydrogens is 952 g/mol. The Bertz CT molecular complexity index is 2970. The third-order valence-electron chi connectivity index (χ3n) is 10.1. The van der Waals surface area contributed by atoms with E-state index < -0.39 is 119 Å². The average molecular weight is 993 g/mol. The number of phenols is 8. The van der Waals surface area contributed by atoms with Crippen molar-refractivity contribution in [2.24, 2.45) is 0 Å². The zero-order valence-electron chi connectivity index (χ0n) is 35.0. The number of cyclic esters (lactones) is 1. The topological polar surface area (TPSA) is 439 Å². The summed E-state index contributed by atoms with van der Waals surface area (Å²) < 4.78 is 31.2. The summed E-state index contributed by atoms with van der Waals surface area (Å²) in [7, 11) is 1.31. The van der Waals surface area contributed by atoms with E-state index in [1.54, 1.807) is 0 Å². The maximum Gasteiger partial charge on any atom is 0.402 e. The molecule has 6 aromatic rings. The van der Waals surface area contributed by atoms with Gasteiger partial charge in [0.1, 0.15) is 69.9 Å². The standard InChI is InChI=1S/C21H20O12.C16H12O7.C6H8O6.ClH/c22-6-13-15(27)17(29)18(30)21(32-13)33-20-16(28)14-11(26)4-8(23)5-12(14)31-19(20)7-1-2-9(24)10(25)3-7;1-22-14-3-7(2-11(19)15(14)21)16-12(20)6-9-10(18)4-8(17)5-13(9)23-16;7-1-2(8)5-3(9)4(10)6(11)12-5;/h1-5,13,15,17-18,21-27,29-30H,6H2;2-6H,1H3,(H4-,17,18,19,20,21);2,5,7-10H,1H2;1H/t13-,15+,17+,18-,21?;;2-,5+;/m1.0./s1. The second-order valence-corrected chi connectivity index (χ2v) is 14.6. The van der Waals surface area contributed by atoms with Crippen molar-refractivity contribution in [2.45, 2.75) is 42.9 Å². The van der Waals surface area contributed by atoms with Gasteiger partial charge in [-0.15, -0.1) is 0 Å². The molecule has 1 unspecified atom stereocenters. The van der Waals surface area contributed by atoms with Crippen molar-refractivity contribution in [1.82, 2.24) is 0 Å². The highest BCUT2D eigenvalue weighted by molar-refractivity contribution is 5.90. The summed E-state index contributed by atoms with van der Waals surface area (Å²) in [4.78, 5) is 23.8. The molecule has 26 heteroatoms. The van der Waals surface area contributed by atoms with Gasteiger partial charge in [-0.3, -0.25) is 4.79 Å². The van der Waals surface area contributed by atoms with Crippen molar-refractivity contribution in [3.63, 3.8) is 0 Å². The molecule has 4 heterocycles. The normalized spacial score (nSPS) is 20.2. The lowest BCUT2D eigenvalue weighted by Crippen LogP contribution is -3.00. The summed E-state index contributed by atoms with van der Waals surface area (Å²) in [6.07, 6.45) is -11.2. The molecule has 8 rings (SSSR count). The molecule has 0 radical (unpaired) electrons. The molecule has 2 aliphatic heterocycles. The number of esters is 1. The number of halogens is 1. The number of hydrogen-bond acceptors (Lipinski definition) is 24. The molecular formula is C43H41ClO25. The second kappa shape index (κ2) is 21.0. The molecule has 4 aromatic carbocycles. The first kappa shape index (κ1) is 52.1. The van der Waals surface area contributed by atoms with Crippen LogP contribution in [0.4, 0.5) is 0 Å². The van der Waals surface area contributed by atoms with E-state index in [0.717, 1.165) is 30.3 Å². The first-order valence-corrected chi connectivity index (χ1v) is 19.4. The third kappa shape index (κ3) is 10.5. The minimum Gasteiger partial charge on any atom is -1.00 e. The van der Waals surface area contributed by atoms with Gasteiger partial charge in [-0.25, -0.2) is 9.21 Å². The van der Waals surface area contributed by atoms with Crippen LogP contribution in [0.1, 0.15) is 0 Å². The number of benzene rings is 4. The minimum atomic E-state index is -1.85. The lowest BCUT2D eigenvalue weighted by atomic mass is 9.99. The molecule has 2 aromatic heterocycles. The molecule has 370 valence electrons. The van der Waals surface area contributed by atoms with Crippen LogP contribution < -0.4 is 27.3 Å². The van der Waals surface area contributed by atoms with Gasteiger partial charge in [-0.2, -0.15) is 0 Å². The Kier molecular flexibility index (Phi) is 15.8. The number of phenolic OH excluding ortho intramolecular Hbond substituents is 8. The van der Waals surface area contributed by atoms with Crippen LogP contribution in [0.25, 0.3) is 44.6 Å². The summed E-state index contributed by atoms with van der Waals surface area (Å²) >= 11 is 0. The summed E-state index contributed by atoms with van der Waals surface area (Å²) in [5.74, 6) is -7.51. The van der Waals surface area contributed by atoms with E-state index in [1.807, 2.05) is 0 Å². The Labute approximate surface area is 390 Å². The summed E-state index contributed by atoms with van der Waals surface area (Å²) in [6.45, 7) is -1.41. The molecule has 1 saturated heterocycles. The number of ether oxygens (including phenoxy) is 4. The fourth-order valence-corrected chi connectivity index (χ4v) is 6.61. The van der Waals surface area contributed by atoms with Crippen molar-refractivity contribution in [3.05, 3.63) is 82.4 Å². The van der Waals surface area contributed by atoms with Crippen LogP contribution in [0.3, 0.4) is 0 Å². The van der Waals surface area contributed by atoms with E-state index in [2.05, 4.69) is 4.74 Å². The lowest BCUT2D eigenvalue weighted by Gasteiger charge is -2.39. The summed E-state index contributed by atoms with van der Waals surface area (Å²) in [5.41, 5.74) is -0.831. The number of hydrogen-bond donors (Lipinski definition) is 17. The van der Waals surface area contributed by atoms with Crippen LogP contribution in [-0.2, 0) is 14.3 Å². The van der Waals surface area contributed by atoms with E-state index in [-0.39, 0.29) is 80.0 Å². The summed E-state index contributed by atoms with van der Waals surface area (Å²) in [6, 6.07) is 11.6. The Morgan fingerprint density at radius 3 is 1.97 bits per heavy atom. The molecule has 2 aliphatic rings. The van der Waals surface area contributed by atoms with Crippen molar-refractivity contribution < 1.29 is 132 Å². The number of rotatable bonds is 8. The number of methoxy groups -OCH3 is 1. The molecule has 25 nitrogen and oxygen atoms in total. The van der Waals surface area contributed by atoms with Crippen LogP contribution >= 0.6 is 0 Å². The highest BCUT2D eigenvalue weighted by Crippen LogP contribution is 2.44. The van der Waals surface area contributed by atoms with Crippen molar-refractivity contribution in [1.29, 1.82) is 0 Å². The quantitative estimate of drug-likeness (QED) is 0.0444. The number of fused-ring (bicyclic) bond motifs is 2. The third-order valence-corrected chi connectivity index (χ3v) is 10.1. The van der Waals surface area contributed by atoms with Gasteiger partial charge in [0, 0.05) is 42.0 Å². The van der Waals surface area contributed by atoms with Gasteiger partial charge >= 0.3 is 17.3 Å². The van der Waals surface area contributed by atoms with Crippen molar-refractivity contribution >= 4 is 27.9 Å². The van der Waals surface area contributed by atoms with E-state index in [0.29, 0.717) is 0 Å². The molecule has 0 aliphatic carbocycles. The van der Waals surface area contributed by atoms with Crippen LogP contribution in [0.5, 0.6) is 63.2 Å². The first-order valence-electron chi connectivity index (χ1n) is 19.4. The molecule has 0 amide bonds. The zero-order valence-corrected chi connectivity index (χ0v) is 35.7. The van der Waals surface area contributed by atoms with Crippen LogP contribution in [0, 0.1) is 0 Å². The van der Waals surface area contributed by atoms with E-state index in [9.17, 15) is 76.0 Å². The average Bonchev–Trinajstić information content (AvgIpc) is 3.55. The predicted octanol–water partition coefficient (Wildman–Crippen LogP) is -2.02. The smallest absolute Gasteiger partial charge is 0.402 e. The summed E-state index contributed by atoms with van der Waals surface area (Å²) in [5, 5.41) is 163. The van der Waals surface area contributed by atoms with Crippen molar-refractivity contribution in [2.75, 3.05) is 20.3 Å². The van der Waals surface area contributed by atoms with Gasteiger partial charge in [0.25, 0.3) is 0 Å². The molecule has 1 fully saturated rings. The number of aromatic hydroxyl groups is 9. The van der Waals surface area contributed by atoms with Crippen LogP contribution in [0.2, 0.25) is 0 Å². The van der Waals surface area contributed by atoms with Gasteiger partial charge in [0.15, 0.2) is 40.6 Å². The number of carbonyl (C=O) groups excluding carboxylic acids is 1. The van der Waals surface area contributed by atoms with Gasteiger partial charge in [0.05, 0.1) is 32.0 Å². The Hall–Kier alpha value is -7.88. The SMILES string of the molecule is COc1cc(-c2[o+]c3cc(O)cc(O)c3cc2O)cc(O)c1O.O=C1O[C@H]([C@@H](O)CO)C(O)=C1O.O=c1c(OC2O[C@H](CO)[C@H](O)[C@H](O)[C@H]2O)c(-c2ccc(O)c(O)c2)oc2cc(O)cc(O)c12.[Cl-]. The molecule has 0 spiro atoms. The first-order chi connectivity index (χ1) is 32.1. The molecule has 17 N–H and O–H groups in total. The Morgan fingerprint density at radius 2 is 1.36 bits per heavy atom. The van der Waals surface area contributed by atoms with E-state index >= 15 is 0 Å². The van der Waals surface area contributed by atoms with Gasteiger partial charge in [0.2, 0.25) is 34.7 Å². The van der Waals surface area contributed by atoms with Gasteiger partial charge in [-0.05, 0) is 18.2 Å². The van der Waals surface area contributed by atoms with Gasteiger partial charge < -0.3 is 123 Å². The van der Waals surface area contributed by atoms with Crippen molar-refractivity contribution in [3.8, 4) is 85.9 Å². The van der Waals surface area contributed by atoms with E-state index in [1.165, 1.54) is 37.4 Å². The highest BCUT2D eigenvalue weighted by atomic mass is 35.5. The van der Waals surface area contributed by atoms with Gasteiger partial charge in [-0.1, -0.05) is 0 Å². The minimum absolute atomic E-state index is 0. The predicted molar refractivity (Wildman–Crippen MR) is 225 cm³/mol. The number of aliphatic hydroxyl groups excluding tert-OH is 8. The fourth-order valence-electron chi connectivity index (χ4n) is 6.61. The highest BCUT2D eigenvalue weighted by Gasteiger charge is 2.45. The van der Waals surface area contributed by atoms with Crippen LogP contribution in [-0.4, -0.2) is 156 Å². The Balaban J connectivity index is 0.000000213. The maximum atomic E-state index is 13.2. The Morgan fingerprint density at radius 1 is 0.710 bits per heavy atom. The number of aliphatic hydroxyl groups is 8. The monoisotopic (exact) mass is 992 g/mol. The zero-order chi connectivity index (χ0) is 50.0. The molecule has 69 heavy (non-hydrogen) atoms. The molecule has 0 saturated carbocycles.